The summed E-state index contributed by atoms with van der Waals surface area (Å²) in [4.78, 5) is 19.0. The van der Waals surface area contributed by atoms with Crippen LogP contribution in [0.5, 0.6) is 0 Å². The van der Waals surface area contributed by atoms with Crippen LogP contribution in [0.4, 0.5) is 0 Å². The Morgan fingerprint density at radius 1 is 1.42 bits per heavy atom. The molecule has 1 aliphatic heterocycles. The molecule has 0 spiro atoms. The van der Waals surface area contributed by atoms with Crippen LogP contribution in [0.3, 0.4) is 0 Å². The maximum atomic E-state index is 12.5. The van der Waals surface area contributed by atoms with Gasteiger partial charge in [0, 0.05) is 30.9 Å². The van der Waals surface area contributed by atoms with Crippen LogP contribution in [0.1, 0.15) is 49.5 Å². The number of rotatable bonds is 5. The molecule has 3 rings (SSSR count). The lowest BCUT2D eigenvalue weighted by atomic mass is 10.0. The van der Waals surface area contributed by atoms with Crippen molar-refractivity contribution < 1.29 is 4.79 Å². The lowest BCUT2D eigenvalue weighted by Crippen LogP contribution is -2.40. The summed E-state index contributed by atoms with van der Waals surface area (Å²) in [6, 6.07) is 2.29. The highest BCUT2D eigenvalue weighted by atomic mass is 32.1. The summed E-state index contributed by atoms with van der Waals surface area (Å²) in [6.45, 7) is 5.74. The Balaban J connectivity index is 1.53. The summed E-state index contributed by atoms with van der Waals surface area (Å²) >= 11 is 1.55. The fourth-order valence-electron chi connectivity index (χ4n) is 2.99. The summed E-state index contributed by atoms with van der Waals surface area (Å²) in [7, 11) is 0. The van der Waals surface area contributed by atoms with Crippen molar-refractivity contribution in [2.75, 3.05) is 13.1 Å². The van der Waals surface area contributed by atoms with Crippen molar-refractivity contribution in [2.45, 2.75) is 45.2 Å². The zero-order valence-corrected chi connectivity index (χ0v) is 15.1. The lowest BCUT2D eigenvalue weighted by molar-refractivity contribution is -0.131. The Hall–Kier alpha value is -1.73. The van der Waals surface area contributed by atoms with Crippen molar-refractivity contribution in [2.24, 2.45) is 11.7 Å². The highest BCUT2D eigenvalue weighted by Crippen LogP contribution is 2.24. The van der Waals surface area contributed by atoms with Gasteiger partial charge in [-0.05, 0) is 24.8 Å². The highest BCUT2D eigenvalue weighted by molar-refractivity contribution is 7.09. The second-order valence-electron chi connectivity index (χ2n) is 6.72. The molecule has 2 N–H and O–H groups in total. The van der Waals surface area contributed by atoms with Crippen LogP contribution in [0, 0.1) is 5.92 Å². The van der Waals surface area contributed by atoms with Gasteiger partial charge in [-0.15, -0.1) is 11.3 Å². The quantitative estimate of drug-likeness (QED) is 0.901. The van der Waals surface area contributed by atoms with E-state index in [1.54, 1.807) is 17.5 Å². The van der Waals surface area contributed by atoms with Gasteiger partial charge < -0.3 is 10.6 Å². The average Bonchev–Trinajstić information content (AvgIpc) is 3.26. The SMILES string of the molecule is CC(C)C(N)c1nc(CC(=O)N2CCC(n3cccn3)CC2)cs1. The van der Waals surface area contributed by atoms with Crippen molar-refractivity contribution in [1.29, 1.82) is 0 Å². The molecule has 0 radical (unpaired) electrons. The molecule has 2 aromatic rings. The highest BCUT2D eigenvalue weighted by Gasteiger charge is 2.24. The van der Waals surface area contributed by atoms with Crippen LogP contribution < -0.4 is 5.73 Å². The van der Waals surface area contributed by atoms with Gasteiger partial charge in [0.1, 0.15) is 5.01 Å². The Bertz CT molecular complexity index is 658. The minimum Gasteiger partial charge on any atom is -0.342 e. The number of carbonyl (C=O) groups excluding carboxylic acids is 1. The van der Waals surface area contributed by atoms with E-state index in [1.807, 2.05) is 27.2 Å². The molecule has 130 valence electrons. The maximum Gasteiger partial charge on any atom is 0.228 e. The van der Waals surface area contributed by atoms with Gasteiger partial charge in [-0.3, -0.25) is 9.48 Å². The molecule has 0 bridgehead atoms. The summed E-state index contributed by atoms with van der Waals surface area (Å²) in [5.74, 6) is 0.505. The molecule has 0 saturated carbocycles. The van der Waals surface area contributed by atoms with E-state index < -0.39 is 0 Å². The van der Waals surface area contributed by atoms with E-state index in [9.17, 15) is 4.79 Å². The third-order valence-electron chi connectivity index (χ3n) is 4.62. The molecule has 1 fully saturated rings. The van der Waals surface area contributed by atoms with E-state index in [-0.39, 0.29) is 11.9 Å². The topological polar surface area (TPSA) is 77.0 Å². The van der Waals surface area contributed by atoms with Crippen LogP contribution in [-0.4, -0.2) is 38.7 Å². The first-order chi connectivity index (χ1) is 11.5. The zero-order chi connectivity index (χ0) is 17.1. The first-order valence-corrected chi connectivity index (χ1v) is 9.39. The minimum atomic E-state index is -0.0522. The van der Waals surface area contributed by atoms with Crippen LogP contribution in [0.15, 0.2) is 23.8 Å². The molecule has 1 atom stereocenters. The number of nitrogens with zero attached hydrogens (tertiary/aromatic N) is 4. The molecule has 0 aliphatic carbocycles. The Morgan fingerprint density at radius 3 is 2.79 bits per heavy atom. The third-order valence-corrected chi connectivity index (χ3v) is 5.62. The number of likely N-dealkylation sites (tertiary alicyclic amines) is 1. The first kappa shape index (κ1) is 17.1. The molecule has 2 aromatic heterocycles. The van der Waals surface area contributed by atoms with Crippen molar-refractivity contribution in [3.05, 3.63) is 34.5 Å². The fourth-order valence-corrected chi connectivity index (χ4v) is 3.98. The number of hydrogen-bond acceptors (Lipinski definition) is 5. The Morgan fingerprint density at radius 2 is 2.17 bits per heavy atom. The van der Waals surface area contributed by atoms with Crippen molar-refractivity contribution in [3.63, 3.8) is 0 Å². The Labute approximate surface area is 146 Å². The summed E-state index contributed by atoms with van der Waals surface area (Å²) in [5, 5.41) is 7.19. The van der Waals surface area contributed by atoms with Crippen molar-refractivity contribution >= 4 is 17.2 Å². The second kappa shape index (κ2) is 7.44. The predicted octanol–water partition coefficient (Wildman–Crippen LogP) is 2.40. The van der Waals surface area contributed by atoms with Gasteiger partial charge in [-0.2, -0.15) is 5.10 Å². The standard InChI is InChI=1S/C17H25N5OS/c1-12(2)16(18)17-20-13(11-24-17)10-15(23)21-8-4-14(5-9-21)22-7-3-6-19-22/h3,6-7,11-12,14,16H,4-5,8-10,18H2,1-2H3. The van der Waals surface area contributed by atoms with E-state index in [2.05, 4.69) is 23.9 Å². The average molecular weight is 347 g/mol. The molecule has 1 saturated heterocycles. The van der Waals surface area contributed by atoms with Gasteiger partial charge in [0.25, 0.3) is 0 Å². The van der Waals surface area contributed by atoms with Gasteiger partial charge in [-0.1, -0.05) is 13.8 Å². The first-order valence-electron chi connectivity index (χ1n) is 8.51. The molecule has 24 heavy (non-hydrogen) atoms. The number of thiazole rings is 1. The van der Waals surface area contributed by atoms with E-state index in [0.717, 1.165) is 36.6 Å². The molecule has 1 aliphatic rings. The molecule has 1 unspecified atom stereocenters. The molecule has 3 heterocycles. The van der Waals surface area contributed by atoms with E-state index in [1.165, 1.54) is 0 Å². The van der Waals surface area contributed by atoms with Gasteiger partial charge in [0.2, 0.25) is 5.91 Å². The smallest absolute Gasteiger partial charge is 0.228 e. The number of aromatic nitrogens is 3. The molecular weight excluding hydrogens is 322 g/mol. The third kappa shape index (κ3) is 3.84. The summed E-state index contributed by atoms with van der Waals surface area (Å²) < 4.78 is 2.00. The van der Waals surface area contributed by atoms with Crippen LogP contribution in [0.25, 0.3) is 0 Å². The normalized spacial score (nSPS) is 17.4. The van der Waals surface area contributed by atoms with Gasteiger partial charge >= 0.3 is 0 Å². The van der Waals surface area contributed by atoms with Gasteiger partial charge in [-0.25, -0.2) is 4.98 Å². The van der Waals surface area contributed by atoms with Crippen LogP contribution in [-0.2, 0) is 11.2 Å². The largest absolute Gasteiger partial charge is 0.342 e. The molecular formula is C17H25N5OS. The Kier molecular flexibility index (Phi) is 5.30. The van der Waals surface area contributed by atoms with Crippen LogP contribution in [0.2, 0.25) is 0 Å². The number of carbonyl (C=O) groups is 1. The predicted molar refractivity (Wildman–Crippen MR) is 94.7 cm³/mol. The molecule has 7 heteroatoms. The second-order valence-corrected chi connectivity index (χ2v) is 7.61. The van der Waals surface area contributed by atoms with Crippen molar-refractivity contribution in [3.8, 4) is 0 Å². The minimum absolute atomic E-state index is 0.0522. The van der Waals surface area contributed by atoms with E-state index in [4.69, 9.17) is 5.73 Å². The van der Waals surface area contributed by atoms with E-state index in [0.29, 0.717) is 18.4 Å². The lowest BCUT2D eigenvalue weighted by Gasteiger charge is -2.32. The fraction of sp³-hybridized carbons (Fsp3) is 0.588. The molecule has 0 aromatic carbocycles. The zero-order valence-electron chi connectivity index (χ0n) is 14.3. The molecule has 6 nitrogen and oxygen atoms in total. The van der Waals surface area contributed by atoms with E-state index >= 15 is 0 Å². The van der Waals surface area contributed by atoms with Crippen LogP contribution >= 0.6 is 11.3 Å². The van der Waals surface area contributed by atoms with Gasteiger partial charge in [0.05, 0.1) is 24.2 Å². The number of piperidine rings is 1. The summed E-state index contributed by atoms with van der Waals surface area (Å²) in [5.41, 5.74) is 6.97. The number of amides is 1. The van der Waals surface area contributed by atoms with Gasteiger partial charge in [0.15, 0.2) is 0 Å². The van der Waals surface area contributed by atoms with Crippen molar-refractivity contribution in [1.82, 2.24) is 19.7 Å². The number of nitrogens with two attached hydrogens (primary N) is 1. The monoisotopic (exact) mass is 347 g/mol. The number of hydrogen-bond donors (Lipinski definition) is 1. The molecule has 1 amide bonds. The maximum absolute atomic E-state index is 12.5. The summed E-state index contributed by atoms with van der Waals surface area (Å²) in [6.07, 6.45) is 6.08.